The summed E-state index contributed by atoms with van der Waals surface area (Å²) in [5.74, 6) is -0.226. The highest BCUT2D eigenvalue weighted by atomic mass is 32.2. The van der Waals surface area contributed by atoms with Gasteiger partial charge in [0.15, 0.2) is 0 Å². The first-order valence-electron chi connectivity index (χ1n) is 7.62. The summed E-state index contributed by atoms with van der Waals surface area (Å²) < 4.78 is 37.0. The van der Waals surface area contributed by atoms with Crippen molar-refractivity contribution in [1.29, 1.82) is 0 Å². The van der Waals surface area contributed by atoms with E-state index >= 15 is 0 Å². The van der Waals surface area contributed by atoms with Crippen molar-refractivity contribution < 1.29 is 27.8 Å². The summed E-state index contributed by atoms with van der Waals surface area (Å²) in [6.07, 6.45) is -1.33. The van der Waals surface area contributed by atoms with Gasteiger partial charge in [0.2, 0.25) is 10.0 Å². The Morgan fingerprint density at radius 3 is 2.67 bits per heavy atom. The van der Waals surface area contributed by atoms with E-state index in [4.69, 9.17) is 9.47 Å². The number of hydrogen-bond acceptors (Lipinski definition) is 6. The lowest BCUT2D eigenvalue weighted by Gasteiger charge is -2.37. The number of amides is 1. The van der Waals surface area contributed by atoms with Crippen LogP contribution in [-0.2, 0) is 20.4 Å². The van der Waals surface area contributed by atoms with Crippen LogP contribution in [0.25, 0.3) is 0 Å². The quantitative estimate of drug-likeness (QED) is 0.857. The molecule has 0 fully saturated rings. The van der Waals surface area contributed by atoms with E-state index in [1.807, 2.05) is 4.72 Å². The fourth-order valence-corrected chi connectivity index (χ4v) is 3.98. The zero-order valence-electron chi connectivity index (χ0n) is 14.2. The molecule has 1 aliphatic rings. The second-order valence-electron chi connectivity index (χ2n) is 7.02. The molecule has 1 heterocycles. The average molecular weight is 357 g/mol. The second-order valence-corrected chi connectivity index (χ2v) is 8.75. The SMILES string of the molecule is CC1CC(O)(CS(=O)(=O)NC(=O)OC(C)(C)C)c2ccccc2O1. The van der Waals surface area contributed by atoms with Crippen LogP contribution >= 0.6 is 0 Å². The first kappa shape index (κ1) is 18.5. The number of benzene rings is 1. The minimum absolute atomic E-state index is 0.0965. The Morgan fingerprint density at radius 1 is 1.42 bits per heavy atom. The molecule has 0 spiro atoms. The number of aliphatic hydroxyl groups is 1. The number of fused-ring (bicyclic) bond motifs is 1. The number of carbonyl (C=O) groups excluding carboxylic acids is 1. The first-order chi connectivity index (χ1) is 10.9. The summed E-state index contributed by atoms with van der Waals surface area (Å²) >= 11 is 0. The molecule has 134 valence electrons. The molecule has 0 radical (unpaired) electrons. The summed E-state index contributed by atoms with van der Waals surface area (Å²) in [6, 6.07) is 6.72. The molecule has 0 saturated heterocycles. The monoisotopic (exact) mass is 357 g/mol. The van der Waals surface area contributed by atoms with Crippen molar-refractivity contribution in [3.05, 3.63) is 29.8 Å². The van der Waals surface area contributed by atoms with Crippen LogP contribution in [0.1, 0.15) is 39.7 Å². The van der Waals surface area contributed by atoms with Gasteiger partial charge in [-0.3, -0.25) is 0 Å². The molecular weight excluding hydrogens is 334 g/mol. The maximum atomic E-state index is 12.3. The molecule has 2 unspecified atom stereocenters. The van der Waals surface area contributed by atoms with E-state index in [0.29, 0.717) is 11.3 Å². The number of hydrogen-bond donors (Lipinski definition) is 2. The molecule has 2 rings (SSSR count). The van der Waals surface area contributed by atoms with Crippen LogP contribution in [0.3, 0.4) is 0 Å². The standard InChI is InChI=1S/C16H23NO6S/c1-11-9-16(19,12-7-5-6-8-13(12)22-11)10-24(20,21)17-14(18)23-15(2,3)4/h5-8,11,19H,9-10H2,1-4H3,(H,17,18). The van der Waals surface area contributed by atoms with Crippen LogP contribution in [-0.4, -0.2) is 37.1 Å². The van der Waals surface area contributed by atoms with E-state index in [2.05, 4.69) is 0 Å². The molecule has 0 aromatic heterocycles. The molecule has 1 aliphatic heterocycles. The summed E-state index contributed by atoms with van der Waals surface area (Å²) in [7, 11) is -4.11. The molecule has 0 saturated carbocycles. The Kier molecular flexibility index (Phi) is 4.83. The summed E-state index contributed by atoms with van der Waals surface area (Å²) in [6.45, 7) is 6.63. The highest BCUT2D eigenvalue weighted by molar-refractivity contribution is 7.90. The van der Waals surface area contributed by atoms with Crippen molar-refractivity contribution in [3.63, 3.8) is 0 Å². The topological polar surface area (TPSA) is 102 Å². The van der Waals surface area contributed by atoms with E-state index in [9.17, 15) is 18.3 Å². The van der Waals surface area contributed by atoms with Gasteiger partial charge in [-0.15, -0.1) is 0 Å². The van der Waals surface area contributed by atoms with Gasteiger partial charge in [0, 0.05) is 12.0 Å². The number of nitrogens with one attached hydrogen (secondary N) is 1. The molecule has 1 amide bonds. The van der Waals surface area contributed by atoms with Crippen molar-refractivity contribution >= 4 is 16.1 Å². The van der Waals surface area contributed by atoms with Crippen molar-refractivity contribution in [2.45, 2.75) is 51.4 Å². The minimum atomic E-state index is -4.11. The van der Waals surface area contributed by atoms with Gasteiger partial charge in [0.25, 0.3) is 0 Å². The fourth-order valence-electron chi connectivity index (χ4n) is 2.71. The van der Waals surface area contributed by atoms with Crippen LogP contribution in [0.15, 0.2) is 24.3 Å². The third-order valence-corrected chi connectivity index (χ3v) is 4.74. The highest BCUT2D eigenvalue weighted by Gasteiger charge is 2.42. The van der Waals surface area contributed by atoms with Crippen molar-refractivity contribution in [2.75, 3.05) is 5.75 Å². The average Bonchev–Trinajstić information content (AvgIpc) is 2.33. The maximum Gasteiger partial charge on any atom is 0.421 e. The number of rotatable bonds is 3. The van der Waals surface area contributed by atoms with E-state index in [0.717, 1.165) is 0 Å². The predicted molar refractivity (Wildman–Crippen MR) is 88.2 cm³/mol. The molecule has 1 aromatic rings. The van der Waals surface area contributed by atoms with Crippen LogP contribution in [0.4, 0.5) is 4.79 Å². The van der Waals surface area contributed by atoms with Crippen molar-refractivity contribution in [3.8, 4) is 5.75 Å². The molecule has 24 heavy (non-hydrogen) atoms. The lowest BCUT2D eigenvalue weighted by atomic mass is 9.87. The van der Waals surface area contributed by atoms with Gasteiger partial charge in [0.05, 0.1) is 6.10 Å². The Hall–Kier alpha value is -1.80. The number of carbonyl (C=O) groups is 1. The van der Waals surface area contributed by atoms with Gasteiger partial charge < -0.3 is 14.6 Å². The third-order valence-electron chi connectivity index (χ3n) is 3.41. The normalized spacial score (nSPS) is 23.8. The summed E-state index contributed by atoms with van der Waals surface area (Å²) in [5.41, 5.74) is -2.09. The molecule has 0 bridgehead atoms. The molecule has 1 aromatic carbocycles. The fraction of sp³-hybridized carbons (Fsp3) is 0.562. The van der Waals surface area contributed by atoms with Gasteiger partial charge in [-0.1, -0.05) is 18.2 Å². The van der Waals surface area contributed by atoms with Crippen LogP contribution < -0.4 is 9.46 Å². The molecule has 0 aliphatic carbocycles. The largest absolute Gasteiger partial charge is 0.490 e. The molecule has 2 N–H and O–H groups in total. The van der Waals surface area contributed by atoms with Gasteiger partial charge >= 0.3 is 6.09 Å². The van der Waals surface area contributed by atoms with E-state index in [1.54, 1.807) is 52.0 Å². The van der Waals surface area contributed by atoms with Crippen molar-refractivity contribution in [2.24, 2.45) is 0 Å². The summed E-state index contributed by atoms with van der Waals surface area (Å²) in [5, 5.41) is 10.9. The summed E-state index contributed by atoms with van der Waals surface area (Å²) in [4.78, 5) is 11.7. The molecular formula is C16H23NO6S. The van der Waals surface area contributed by atoms with Gasteiger partial charge in [-0.2, -0.15) is 0 Å². The Balaban J connectivity index is 2.21. The van der Waals surface area contributed by atoms with E-state index in [1.165, 1.54) is 0 Å². The number of ether oxygens (including phenoxy) is 2. The first-order valence-corrected chi connectivity index (χ1v) is 9.27. The Morgan fingerprint density at radius 2 is 2.04 bits per heavy atom. The number of para-hydroxylation sites is 1. The van der Waals surface area contributed by atoms with Crippen LogP contribution in [0.2, 0.25) is 0 Å². The Labute approximate surface area is 142 Å². The lowest BCUT2D eigenvalue weighted by Crippen LogP contribution is -2.47. The Bertz CT molecular complexity index is 724. The smallest absolute Gasteiger partial charge is 0.421 e. The third kappa shape index (κ3) is 4.61. The van der Waals surface area contributed by atoms with Crippen LogP contribution in [0, 0.1) is 0 Å². The van der Waals surface area contributed by atoms with Crippen molar-refractivity contribution in [1.82, 2.24) is 4.72 Å². The van der Waals surface area contributed by atoms with Gasteiger partial charge in [-0.05, 0) is 33.8 Å². The number of sulfonamides is 1. The van der Waals surface area contributed by atoms with Gasteiger partial charge in [0.1, 0.15) is 22.7 Å². The second kappa shape index (κ2) is 6.25. The zero-order chi connectivity index (χ0) is 18.2. The minimum Gasteiger partial charge on any atom is -0.490 e. The molecule has 2 atom stereocenters. The molecule has 8 heteroatoms. The van der Waals surface area contributed by atoms with Gasteiger partial charge in [-0.25, -0.2) is 17.9 Å². The predicted octanol–water partition coefficient (Wildman–Crippen LogP) is 1.90. The lowest BCUT2D eigenvalue weighted by molar-refractivity contribution is -0.00771. The van der Waals surface area contributed by atoms with E-state index in [-0.39, 0.29) is 12.5 Å². The van der Waals surface area contributed by atoms with E-state index < -0.39 is 33.1 Å². The molecule has 7 nitrogen and oxygen atoms in total. The maximum absolute atomic E-state index is 12.3. The van der Waals surface area contributed by atoms with Crippen LogP contribution in [0.5, 0.6) is 5.75 Å². The highest BCUT2D eigenvalue weighted by Crippen LogP contribution is 2.40. The zero-order valence-corrected chi connectivity index (χ0v) is 15.0.